The Hall–Kier alpha value is -3.60. The topological polar surface area (TPSA) is 67.4 Å². The summed E-state index contributed by atoms with van der Waals surface area (Å²) in [7, 11) is 0. The highest BCUT2D eigenvalue weighted by atomic mass is 16.5. The number of carbonyl (C=O) groups excluding carboxylic acids is 2. The van der Waals surface area contributed by atoms with Crippen LogP contribution in [0.2, 0.25) is 0 Å². The van der Waals surface area contributed by atoms with Gasteiger partial charge in [-0.05, 0) is 74.7 Å². The highest BCUT2D eigenvalue weighted by molar-refractivity contribution is 6.10. The Morgan fingerprint density at radius 2 is 1.57 bits per heavy atom. The second-order valence-electron chi connectivity index (χ2n) is 7.40. The number of ether oxygens (including phenoxy) is 1. The molecule has 3 aromatic carbocycles. The van der Waals surface area contributed by atoms with Crippen LogP contribution >= 0.6 is 0 Å². The summed E-state index contributed by atoms with van der Waals surface area (Å²) in [5, 5.41) is 5.66. The van der Waals surface area contributed by atoms with E-state index in [4.69, 9.17) is 4.74 Å². The number of aryl methyl sites for hydroxylation is 4. The Balaban J connectivity index is 1.67. The largest absolute Gasteiger partial charge is 0.483 e. The molecule has 30 heavy (non-hydrogen) atoms. The fraction of sp³-hybridized carbons (Fsp3) is 0.200. The second-order valence-corrected chi connectivity index (χ2v) is 7.40. The first-order valence-electron chi connectivity index (χ1n) is 9.81. The van der Waals surface area contributed by atoms with Crippen LogP contribution in [0.1, 0.15) is 32.6 Å². The smallest absolute Gasteiger partial charge is 0.262 e. The average Bonchev–Trinajstić information content (AvgIpc) is 2.70. The van der Waals surface area contributed by atoms with Crippen molar-refractivity contribution in [1.82, 2.24) is 0 Å². The maximum atomic E-state index is 12.8. The van der Waals surface area contributed by atoms with E-state index < -0.39 is 0 Å². The molecule has 5 heteroatoms. The summed E-state index contributed by atoms with van der Waals surface area (Å²) in [6, 6.07) is 18.4. The molecule has 0 aromatic heterocycles. The van der Waals surface area contributed by atoms with Crippen LogP contribution in [-0.2, 0) is 4.79 Å². The Morgan fingerprint density at radius 3 is 2.30 bits per heavy atom. The van der Waals surface area contributed by atoms with Crippen molar-refractivity contribution in [3.05, 3.63) is 88.5 Å². The summed E-state index contributed by atoms with van der Waals surface area (Å²) >= 11 is 0. The van der Waals surface area contributed by atoms with Crippen LogP contribution in [0, 0.1) is 27.7 Å². The van der Waals surface area contributed by atoms with Crippen LogP contribution in [0.4, 0.5) is 11.4 Å². The maximum Gasteiger partial charge on any atom is 0.262 e. The summed E-state index contributed by atoms with van der Waals surface area (Å²) in [6.45, 7) is 7.81. The third-order valence-electron chi connectivity index (χ3n) is 4.90. The van der Waals surface area contributed by atoms with E-state index in [0.717, 1.165) is 22.3 Å². The summed E-state index contributed by atoms with van der Waals surface area (Å²) in [6.07, 6.45) is 0. The predicted octanol–water partition coefficient (Wildman–Crippen LogP) is 5.19. The number of nitrogens with one attached hydrogen (secondary N) is 2. The Bertz CT molecular complexity index is 1090. The number of amides is 2. The number of anilines is 2. The molecule has 3 rings (SSSR count). The molecule has 0 aliphatic heterocycles. The molecule has 0 saturated heterocycles. The van der Waals surface area contributed by atoms with E-state index in [0.29, 0.717) is 22.7 Å². The van der Waals surface area contributed by atoms with Crippen LogP contribution < -0.4 is 15.4 Å². The third-order valence-corrected chi connectivity index (χ3v) is 4.90. The van der Waals surface area contributed by atoms with Crippen LogP contribution in [-0.4, -0.2) is 18.4 Å². The van der Waals surface area contributed by atoms with E-state index in [-0.39, 0.29) is 18.4 Å². The summed E-state index contributed by atoms with van der Waals surface area (Å²) in [5.74, 6) is 0.0439. The zero-order chi connectivity index (χ0) is 21.7. The minimum Gasteiger partial charge on any atom is -0.483 e. The average molecular weight is 402 g/mol. The van der Waals surface area contributed by atoms with Gasteiger partial charge in [0.1, 0.15) is 5.75 Å². The Labute approximate surface area is 177 Å². The summed E-state index contributed by atoms with van der Waals surface area (Å²) < 4.78 is 5.63. The minimum absolute atomic E-state index is 0.142. The lowest BCUT2D eigenvalue weighted by Gasteiger charge is -2.13. The van der Waals surface area contributed by atoms with E-state index in [9.17, 15) is 9.59 Å². The molecule has 154 valence electrons. The Morgan fingerprint density at radius 1 is 0.800 bits per heavy atom. The Kier molecular flexibility index (Phi) is 6.52. The van der Waals surface area contributed by atoms with Gasteiger partial charge in [0.15, 0.2) is 6.61 Å². The first-order chi connectivity index (χ1) is 14.3. The van der Waals surface area contributed by atoms with Crippen LogP contribution in [0.15, 0.2) is 60.7 Å². The van der Waals surface area contributed by atoms with Gasteiger partial charge in [-0.25, -0.2) is 0 Å². The normalized spacial score (nSPS) is 10.4. The monoisotopic (exact) mass is 402 g/mol. The van der Waals surface area contributed by atoms with E-state index in [2.05, 4.69) is 10.6 Å². The van der Waals surface area contributed by atoms with Crippen LogP contribution in [0.3, 0.4) is 0 Å². The molecule has 0 aliphatic carbocycles. The molecule has 2 amide bonds. The van der Waals surface area contributed by atoms with Crippen LogP contribution in [0.5, 0.6) is 5.75 Å². The fourth-order valence-electron chi connectivity index (χ4n) is 3.10. The van der Waals surface area contributed by atoms with Gasteiger partial charge < -0.3 is 15.4 Å². The van der Waals surface area contributed by atoms with Crippen molar-refractivity contribution < 1.29 is 14.3 Å². The van der Waals surface area contributed by atoms with Crippen molar-refractivity contribution in [2.75, 3.05) is 17.2 Å². The van der Waals surface area contributed by atoms with Gasteiger partial charge in [-0.3, -0.25) is 9.59 Å². The first kappa shape index (κ1) is 21.1. The molecule has 0 radical (unpaired) electrons. The molecular formula is C25H26N2O3. The standard InChI is InChI=1S/C25H26N2O3/c1-16-9-12-23(19(4)13-16)30-15-24(28)27-22-8-6-5-7-21(22)25(29)26-20-11-10-17(2)18(3)14-20/h5-14H,15H2,1-4H3,(H,26,29)(H,27,28). The lowest BCUT2D eigenvalue weighted by molar-refractivity contribution is -0.118. The van der Waals surface area contributed by atoms with Crippen molar-refractivity contribution >= 4 is 23.2 Å². The predicted molar refractivity (Wildman–Crippen MR) is 120 cm³/mol. The van der Waals surface area contributed by atoms with Gasteiger partial charge >= 0.3 is 0 Å². The zero-order valence-corrected chi connectivity index (χ0v) is 17.7. The van der Waals surface area contributed by atoms with Crippen molar-refractivity contribution in [2.24, 2.45) is 0 Å². The van der Waals surface area contributed by atoms with E-state index in [1.807, 2.05) is 64.1 Å². The number of para-hydroxylation sites is 1. The third kappa shape index (κ3) is 5.26. The van der Waals surface area contributed by atoms with Gasteiger partial charge in [0.05, 0.1) is 11.3 Å². The van der Waals surface area contributed by atoms with Crippen molar-refractivity contribution in [2.45, 2.75) is 27.7 Å². The van der Waals surface area contributed by atoms with Crippen molar-refractivity contribution in [3.63, 3.8) is 0 Å². The fourth-order valence-corrected chi connectivity index (χ4v) is 3.10. The summed E-state index contributed by atoms with van der Waals surface area (Å²) in [5.41, 5.74) is 5.89. The lowest BCUT2D eigenvalue weighted by atomic mass is 10.1. The van der Waals surface area contributed by atoms with Crippen molar-refractivity contribution in [3.8, 4) is 5.75 Å². The van der Waals surface area contributed by atoms with Gasteiger partial charge in [-0.1, -0.05) is 35.9 Å². The number of rotatable bonds is 6. The molecule has 0 unspecified atom stereocenters. The lowest BCUT2D eigenvalue weighted by Crippen LogP contribution is -2.23. The summed E-state index contributed by atoms with van der Waals surface area (Å²) in [4.78, 5) is 25.2. The molecule has 0 bridgehead atoms. The van der Waals surface area contributed by atoms with Gasteiger partial charge in [0.25, 0.3) is 11.8 Å². The quantitative estimate of drug-likeness (QED) is 0.596. The first-order valence-corrected chi connectivity index (χ1v) is 9.81. The van der Waals surface area contributed by atoms with E-state index >= 15 is 0 Å². The minimum atomic E-state index is -0.332. The number of hydrogen-bond donors (Lipinski definition) is 2. The van der Waals surface area contributed by atoms with E-state index in [1.54, 1.807) is 24.3 Å². The molecule has 0 heterocycles. The second kappa shape index (κ2) is 9.27. The molecule has 0 spiro atoms. The molecule has 0 fully saturated rings. The maximum absolute atomic E-state index is 12.8. The molecule has 0 saturated carbocycles. The van der Waals surface area contributed by atoms with Gasteiger partial charge in [0, 0.05) is 5.69 Å². The molecule has 0 atom stereocenters. The number of carbonyl (C=O) groups is 2. The van der Waals surface area contributed by atoms with Gasteiger partial charge in [0.2, 0.25) is 0 Å². The molecular weight excluding hydrogens is 376 g/mol. The van der Waals surface area contributed by atoms with Crippen LogP contribution in [0.25, 0.3) is 0 Å². The SMILES string of the molecule is Cc1ccc(OCC(=O)Nc2ccccc2C(=O)Nc2ccc(C)c(C)c2)c(C)c1. The molecule has 2 N–H and O–H groups in total. The molecule has 3 aromatic rings. The highest BCUT2D eigenvalue weighted by Gasteiger charge is 2.14. The van der Waals surface area contributed by atoms with Crippen molar-refractivity contribution in [1.29, 1.82) is 0 Å². The van der Waals surface area contributed by atoms with Gasteiger partial charge in [-0.2, -0.15) is 0 Å². The molecule has 0 aliphatic rings. The van der Waals surface area contributed by atoms with E-state index in [1.165, 1.54) is 0 Å². The molecule has 5 nitrogen and oxygen atoms in total. The zero-order valence-electron chi connectivity index (χ0n) is 17.7. The number of benzene rings is 3. The highest BCUT2D eigenvalue weighted by Crippen LogP contribution is 2.21. The number of hydrogen-bond acceptors (Lipinski definition) is 3. The van der Waals surface area contributed by atoms with Gasteiger partial charge in [-0.15, -0.1) is 0 Å².